The predicted molar refractivity (Wildman–Crippen MR) is 122 cm³/mol. The van der Waals surface area contributed by atoms with Gasteiger partial charge in [-0.15, -0.1) is 5.10 Å². The molecule has 7 nitrogen and oxygen atoms in total. The van der Waals surface area contributed by atoms with Crippen LogP contribution in [0.2, 0.25) is 0 Å². The van der Waals surface area contributed by atoms with Crippen LogP contribution in [0.25, 0.3) is 11.4 Å². The lowest BCUT2D eigenvalue weighted by molar-refractivity contribution is -0.118. The summed E-state index contributed by atoms with van der Waals surface area (Å²) in [5.41, 5.74) is 2.24. The van der Waals surface area contributed by atoms with Crippen molar-refractivity contribution in [3.05, 3.63) is 65.1 Å². The monoisotopic (exact) mass is 448 g/mol. The number of Topliss-reactive ketones (excluding diaryl/α,β-unsaturated/α-hetero) is 1. The second-order valence-corrected chi connectivity index (χ2v) is 9.16. The number of halogens is 1. The summed E-state index contributed by atoms with van der Waals surface area (Å²) in [6.07, 6.45) is 1.06. The Morgan fingerprint density at radius 3 is 2.58 bits per heavy atom. The molecular weight excluding hydrogens is 423 g/mol. The third kappa shape index (κ3) is 3.55. The minimum atomic E-state index is -0.692. The number of hydrogen-bond donors (Lipinski definition) is 1. The van der Waals surface area contributed by atoms with Crippen molar-refractivity contribution in [1.82, 2.24) is 14.8 Å². The number of hydrogen-bond acceptors (Lipinski definition) is 6. The molecule has 1 atom stereocenters. The number of allylic oxidation sites excluding steroid dienone is 2. The maximum Gasteiger partial charge on any atom is 0.226 e. The van der Waals surface area contributed by atoms with E-state index in [2.05, 4.69) is 19.2 Å². The van der Waals surface area contributed by atoms with E-state index in [0.717, 1.165) is 5.70 Å². The van der Waals surface area contributed by atoms with Gasteiger partial charge in [0.25, 0.3) is 0 Å². The Labute approximate surface area is 191 Å². The van der Waals surface area contributed by atoms with Gasteiger partial charge in [-0.2, -0.15) is 4.98 Å². The van der Waals surface area contributed by atoms with Gasteiger partial charge in [0.05, 0.1) is 14.2 Å². The largest absolute Gasteiger partial charge is 0.493 e. The first-order chi connectivity index (χ1) is 15.8. The maximum atomic E-state index is 15.0. The molecule has 1 aromatic heterocycles. The van der Waals surface area contributed by atoms with Crippen LogP contribution < -0.4 is 14.8 Å². The number of ketones is 1. The van der Waals surface area contributed by atoms with Crippen molar-refractivity contribution >= 4 is 11.7 Å². The van der Waals surface area contributed by atoms with Crippen molar-refractivity contribution in [2.45, 2.75) is 32.7 Å². The molecule has 2 aliphatic rings. The molecule has 0 fully saturated rings. The van der Waals surface area contributed by atoms with Crippen molar-refractivity contribution in [3.63, 3.8) is 0 Å². The average Bonchev–Trinajstić information content (AvgIpc) is 3.20. The minimum Gasteiger partial charge on any atom is -0.493 e. The summed E-state index contributed by atoms with van der Waals surface area (Å²) < 4.78 is 27.3. The van der Waals surface area contributed by atoms with Gasteiger partial charge in [0.1, 0.15) is 11.9 Å². The number of methoxy groups -OCH3 is 2. The van der Waals surface area contributed by atoms with Crippen molar-refractivity contribution in [2.24, 2.45) is 5.41 Å². The average molecular weight is 448 g/mol. The molecule has 0 radical (unpaired) electrons. The molecule has 3 aromatic rings. The Morgan fingerprint density at radius 1 is 1.09 bits per heavy atom. The molecule has 0 amide bonds. The first-order valence-corrected chi connectivity index (χ1v) is 10.8. The molecule has 5 rings (SSSR count). The van der Waals surface area contributed by atoms with Crippen LogP contribution in [0.5, 0.6) is 11.5 Å². The van der Waals surface area contributed by atoms with E-state index in [1.807, 2.05) is 6.07 Å². The standard InChI is InChI=1S/C25H25FN4O3/c1-25(2)12-17-21(18(31)13-25)22(15-7-5-6-8-16(15)26)30-24(27-17)28-23(29-30)14-9-10-19(32-3)20(11-14)33-4/h5-11,22H,12-13H2,1-4H3,(H,27,28,29). The van der Waals surface area contributed by atoms with Gasteiger partial charge in [0.2, 0.25) is 5.95 Å². The van der Waals surface area contributed by atoms with Gasteiger partial charge in [-0.3, -0.25) is 4.79 Å². The van der Waals surface area contributed by atoms with Crippen LogP contribution in [0, 0.1) is 11.2 Å². The summed E-state index contributed by atoms with van der Waals surface area (Å²) in [7, 11) is 3.14. The first kappa shape index (κ1) is 21.2. The molecular formula is C25H25FN4O3. The van der Waals surface area contributed by atoms with Gasteiger partial charge < -0.3 is 14.8 Å². The number of rotatable bonds is 4. The van der Waals surface area contributed by atoms with Crippen molar-refractivity contribution < 1.29 is 18.7 Å². The highest BCUT2D eigenvalue weighted by Gasteiger charge is 2.42. The van der Waals surface area contributed by atoms with E-state index >= 15 is 0 Å². The normalized spacial score (nSPS) is 18.9. The second-order valence-electron chi connectivity index (χ2n) is 9.16. The molecule has 1 aliphatic carbocycles. The van der Waals surface area contributed by atoms with Crippen LogP contribution in [-0.2, 0) is 4.79 Å². The molecule has 33 heavy (non-hydrogen) atoms. The highest BCUT2D eigenvalue weighted by molar-refractivity contribution is 6.00. The fourth-order valence-electron chi connectivity index (χ4n) is 4.69. The SMILES string of the molecule is COc1ccc(-c2nc3n(n2)C(c2ccccc2F)C2=C(CC(C)(C)CC2=O)N3)cc1OC. The van der Waals surface area contributed by atoms with E-state index in [-0.39, 0.29) is 17.0 Å². The molecule has 1 N–H and O–H groups in total. The van der Waals surface area contributed by atoms with E-state index in [4.69, 9.17) is 19.6 Å². The van der Waals surface area contributed by atoms with Crippen molar-refractivity contribution in [3.8, 4) is 22.9 Å². The summed E-state index contributed by atoms with van der Waals surface area (Å²) in [4.78, 5) is 18.0. The van der Waals surface area contributed by atoms with Crippen molar-refractivity contribution in [2.75, 3.05) is 19.5 Å². The van der Waals surface area contributed by atoms with Gasteiger partial charge >= 0.3 is 0 Å². The fraction of sp³-hybridized carbons (Fsp3) is 0.320. The second kappa shape index (κ2) is 7.72. The Hall–Kier alpha value is -3.68. The molecule has 0 saturated carbocycles. The number of aromatic nitrogens is 3. The smallest absolute Gasteiger partial charge is 0.226 e. The minimum absolute atomic E-state index is 0.00387. The van der Waals surface area contributed by atoms with Gasteiger partial charge in [-0.05, 0) is 36.1 Å². The zero-order valence-electron chi connectivity index (χ0n) is 19.0. The molecule has 1 unspecified atom stereocenters. The summed E-state index contributed by atoms with van der Waals surface area (Å²) in [6, 6.07) is 11.2. The predicted octanol–water partition coefficient (Wildman–Crippen LogP) is 4.76. The van der Waals surface area contributed by atoms with Crippen LogP contribution >= 0.6 is 0 Å². The lowest BCUT2D eigenvalue weighted by Crippen LogP contribution is -2.36. The van der Waals surface area contributed by atoms with Crippen LogP contribution in [0.15, 0.2) is 53.7 Å². The zero-order chi connectivity index (χ0) is 23.3. The third-order valence-corrected chi connectivity index (χ3v) is 6.17. The number of fused-ring (bicyclic) bond motifs is 1. The first-order valence-electron chi connectivity index (χ1n) is 10.8. The highest BCUT2D eigenvalue weighted by Crippen LogP contribution is 2.46. The highest BCUT2D eigenvalue weighted by atomic mass is 19.1. The molecule has 170 valence electrons. The van der Waals surface area contributed by atoms with E-state index in [9.17, 15) is 9.18 Å². The number of nitrogens with zero attached hydrogens (tertiary/aromatic N) is 3. The molecule has 8 heteroatoms. The summed E-state index contributed by atoms with van der Waals surface area (Å²) in [5, 5.41) is 8.02. The molecule has 0 bridgehead atoms. The number of ether oxygens (including phenoxy) is 2. The van der Waals surface area contributed by atoms with Gasteiger partial charge in [-0.25, -0.2) is 9.07 Å². The number of nitrogens with one attached hydrogen (secondary N) is 1. The maximum absolute atomic E-state index is 15.0. The molecule has 2 aromatic carbocycles. The lowest BCUT2D eigenvalue weighted by Gasteiger charge is -2.38. The Morgan fingerprint density at radius 2 is 1.85 bits per heavy atom. The van der Waals surface area contributed by atoms with E-state index in [1.165, 1.54) is 6.07 Å². The summed E-state index contributed by atoms with van der Waals surface area (Å²) in [6.45, 7) is 4.12. The quantitative estimate of drug-likeness (QED) is 0.620. The number of carbonyl (C=O) groups excluding carboxylic acids is 1. The molecule has 0 saturated heterocycles. The van der Waals surface area contributed by atoms with Gasteiger partial charge in [0, 0.05) is 28.8 Å². The fourth-order valence-corrected chi connectivity index (χ4v) is 4.69. The lowest BCUT2D eigenvalue weighted by atomic mass is 9.73. The molecule has 1 aliphatic heterocycles. The van der Waals surface area contributed by atoms with Crippen LogP contribution in [-0.4, -0.2) is 34.8 Å². The molecule has 0 spiro atoms. The Kier molecular flexibility index (Phi) is 4.96. The number of carbonyl (C=O) groups is 1. The Bertz CT molecular complexity index is 1290. The van der Waals surface area contributed by atoms with E-state index in [0.29, 0.717) is 52.8 Å². The topological polar surface area (TPSA) is 78.3 Å². The van der Waals surface area contributed by atoms with Crippen molar-refractivity contribution in [1.29, 1.82) is 0 Å². The number of benzene rings is 2. The van der Waals surface area contributed by atoms with E-state index in [1.54, 1.807) is 49.2 Å². The Balaban J connectivity index is 1.67. The van der Waals surface area contributed by atoms with Crippen LogP contribution in [0.1, 0.15) is 38.3 Å². The summed E-state index contributed by atoms with van der Waals surface area (Å²) >= 11 is 0. The van der Waals surface area contributed by atoms with Crippen LogP contribution in [0.3, 0.4) is 0 Å². The summed E-state index contributed by atoms with van der Waals surface area (Å²) in [5.74, 6) is 1.66. The van der Waals surface area contributed by atoms with E-state index < -0.39 is 6.04 Å². The van der Waals surface area contributed by atoms with Gasteiger partial charge in [-0.1, -0.05) is 32.0 Å². The van der Waals surface area contributed by atoms with Gasteiger partial charge in [0.15, 0.2) is 23.1 Å². The number of anilines is 1. The van der Waals surface area contributed by atoms with Crippen LogP contribution in [0.4, 0.5) is 10.3 Å². The third-order valence-electron chi connectivity index (χ3n) is 6.17. The molecule has 2 heterocycles. The zero-order valence-corrected chi connectivity index (χ0v) is 19.0.